The first-order chi connectivity index (χ1) is 9.58. The van der Waals surface area contributed by atoms with Gasteiger partial charge in [-0.05, 0) is 19.1 Å². The Kier molecular flexibility index (Phi) is 4.29. The molecule has 0 aliphatic heterocycles. The second-order valence-corrected chi connectivity index (χ2v) is 3.94. The zero-order valence-corrected chi connectivity index (χ0v) is 11.0. The largest absolute Gasteiger partial charge is 0.433 e. The first-order valence-corrected chi connectivity index (χ1v) is 5.93. The van der Waals surface area contributed by atoms with Crippen LogP contribution in [0.3, 0.4) is 0 Å². The van der Waals surface area contributed by atoms with E-state index in [1.54, 1.807) is 38.2 Å². The third-order valence-corrected chi connectivity index (χ3v) is 2.46. The molecule has 0 unspecified atom stereocenters. The van der Waals surface area contributed by atoms with E-state index in [9.17, 15) is 8.78 Å². The summed E-state index contributed by atoms with van der Waals surface area (Å²) in [6.45, 7) is -1.13. The van der Waals surface area contributed by atoms with Crippen molar-refractivity contribution in [3.63, 3.8) is 0 Å². The summed E-state index contributed by atoms with van der Waals surface area (Å²) in [5.74, 6) is 1.75. The van der Waals surface area contributed by atoms with Crippen molar-refractivity contribution in [2.45, 2.75) is 13.5 Å². The Morgan fingerprint density at radius 1 is 1.15 bits per heavy atom. The Balaban J connectivity index is 2.27. The molecule has 20 heavy (non-hydrogen) atoms. The van der Waals surface area contributed by atoms with Gasteiger partial charge in [-0.1, -0.05) is 12.1 Å². The van der Waals surface area contributed by atoms with Crippen LogP contribution in [0.4, 0.5) is 26.1 Å². The number of rotatable bonds is 5. The summed E-state index contributed by atoms with van der Waals surface area (Å²) in [6, 6.07) is 8.10. The van der Waals surface area contributed by atoms with Crippen molar-refractivity contribution < 1.29 is 13.5 Å². The molecule has 2 aromatic rings. The van der Waals surface area contributed by atoms with E-state index >= 15 is 0 Å². The molecule has 0 aliphatic rings. The lowest BCUT2D eigenvalue weighted by Crippen LogP contribution is -2.06. The fourth-order valence-electron chi connectivity index (χ4n) is 1.67. The molecule has 2 N–H and O–H groups in total. The Bertz CT molecular complexity index is 592. The highest BCUT2D eigenvalue weighted by molar-refractivity contribution is 5.65. The van der Waals surface area contributed by atoms with Gasteiger partial charge in [0.25, 0.3) is 0 Å². The fourth-order valence-corrected chi connectivity index (χ4v) is 1.67. The van der Waals surface area contributed by atoms with Crippen molar-refractivity contribution in [3.8, 4) is 5.75 Å². The molecule has 0 saturated heterocycles. The van der Waals surface area contributed by atoms with Crippen LogP contribution in [0.25, 0.3) is 0 Å². The van der Waals surface area contributed by atoms with Gasteiger partial charge in [-0.15, -0.1) is 0 Å². The predicted octanol–water partition coefficient (Wildman–Crippen LogP) is 3.17. The van der Waals surface area contributed by atoms with Crippen LogP contribution >= 0.6 is 0 Å². The molecule has 0 bridgehead atoms. The van der Waals surface area contributed by atoms with Crippen LogP contribution in [0.15, 0.2) is 30.3 Å². The highest BCUT2D eigenvalue weighted by Gasteiger charge is 2.10. The Labute approximate surface area is 115 Å². The average Bonchev–Trinajstić information content (AvgIpc) is 2.39. The average molecular weight is 280 g/mol. The molecule has 1 aromatic heterocycles. The van der Waals surface area contributed by atoms with E-state index in [0.29, 0.717) is 23.1 Å². The zero-order chi connectivity index (χ0) is 14.5. The lowest BCUT2D eigenvalue weighted by molar-refractivity contribution is -0.0493. The van der Waals surface area contributed by atoms with Crippen LogP contribution in [-0.2, 0) is 0 Å². The van der Waals surface area contributed by atoms with Gasteiger partial charge in [0.05, 0.1) is 5.69 Å². The molecule has 5 nitrogen and oxygen atoms in total. The SMILES string of the molecule is CNc1cc(Nc2ccccc2OC(F)F)nc(C)n1. The van der Waals surface area contributed by atoms with E-state index in [-0.39, 0.29) is 5.75 Å². The highest BCUT2D eigenvalue weighted by Crippen LogP contribution is 2.28. The minimum absolute atomic E-state index is 0.0600. The Morgan fingerprint density at radius 3 is 2.55 bits per heavy atom. The molecule has 0 fully saturated rings. The van der Waals surface area contributed by atoms with Crippen molar-refractivity contribution in [2.75, 3.05) is 17.7 Å². The smallest absolute Gasteiger partial charge is 0.387 e. The Hall–Kier alpha value is -2.44. The Morgan fingerprint density at radius 2 is 1.85 bits per heavy atom. The van der Waals surface area contributed by atoms with Gasteiger partial charge in [-0.2, -0.15) is 8.78 Å². The fraction of sp³-hybridized carbons (Fsp3) is 0.231. The van der Waals surface area contributed by atoms with Gasteiger partial charge < -0.3 is 15.4 Å². The second-order valence-electron chi connectivity index (χ2n) is 3.94. The predicted molar refractivity (Wildman–Crippen MR) is 72.7 cm³/mol. The van der Waals surface area contributed by atoms with Gasteiger partial charge in [0.2, 0.25) is 0 Å². The van der Waals surface area contributed by atoms with Crippen LogP contribution in [0.2, 0.25) is 0 Å². The number of anilines is 3. The summed E-state index contributed by atoms with van der Waals surface area (Å²) in [7, 11) is 1.74. The van der Waals surface area contributed by atoms with Crippen molar-refractivity contribution in [1.29, 1.82) is 0 Å². The number of halogens is 2. The van der Waals surface area contributed by atoms with Crippen molar-refractivity contribution in [2.24, 2.45) is 0 Å². The van der Waals surface area contributed by atoms with Gasteiger partial charge in [0, 0.05) is 13.1 Å². The second kappa shape index (κ2) is 6.14. The number of nitrogens with zero attached hydrogens (tertiary/aromatic N) is 2. The van der Waals surface area contributed by atoms with E-state index in [4.69, 9.17) is 0 Å². The molecular formula is C13H14F2N4O. The number of para-hydroxylation sites is 2. The van der Waals surface area contributed by atoms with Gasteiger partial charge in [-0.25, -0.2) is 9.97 Å². The van der Waals surface area contributed by atoms with Gasteiger partial charge in [0.1, 0.15) is 23.2 Å². The maximum absolute atomic E-state index is 12.3. The van der Waals surface area contributed by atoms with Gasteiger partial charge in [0.15, 0.2) is 0 Å². The number of alkyl halides is 2. The molecule has 0 amide bonds. The molecule has 106 valence electrons. The lowest BCUT2D eigenvalue weighted by Gasteiger charge is -2.12. The van der Waals surface area contributed by atoms with E-state index in [0.717, 1.165) is 0 Å². The van der Waals surface area contributed by atoms with Gasteiger partial charge >= 0.3 is 6.61 Å². The van der Waals surface area contributed by atoms with E-state index < -0.39 is 6.61 Å². The molecule has 1 heterocycles. The first-order valence-electron chi connectivity index (χ1n) is 5.93. The number of hydrogen-bond donors (Lipinski definition) is 2. The summed E-state index contributed by atoms with van der Waals surface area (Å²) in [4.78, 5) is 8.34. The number of benzene rings is 1. The number of ether oxygens (including phenoxy) is 1. The minimum atomic E-state index is -2.88. The number of aromatic nitrogens is 2. The number of aryl methyl sites for hydroxylation is 1. The highest BCUT2D eigenvalue weighted by atomic mass is 19.3. The molecule has 0 aliphatic carbocycles. The van der Waals surface area contributed by atoms with E-state index in [1.165, 1.54) is 6.07 Å². The topological polar surface area (TPSA) is 59.1 Å². The maximum atomic E-state index is 12.3. The normalized spacial score (nSPS) is 10.4. The van der Waals surface area contributed by atoms with Crippen LogP contribution in [0.1, 0.15) is 5.82 Å². The summed E-state index contributed by atoms with van der Waals surface area (Å²) >= 11 is 0. The molecular weight excluding hydrogens is 266 g/mol. The summed E-state index contributed by atoms with van der Waals surface area (Å²) in [6.07, 6.45) is 0. The monoisotopic (exact) mass is 280 g/mol. The summed E-state index contributed by atoms with van der Waals surface area (Å²) < 4.78 is 29.1. The molecule has 1 aromatic carbocycles. The third-order valence-electron chi connectivity index (χ3n) is 2.46. The molecule has 0 saturated carbocycles. The van der Waals surface area contributed by atoms with Crippen LogP contribution in [0, 0.1) is 6.92 Å². The standard InChI is InChI=1S/C13H14F2N4O/c1-8-17-11(16-2)7-12(18-8)19-9-5-3-4-6-10(9)20-13(14)15/h3-7,13H,1-2H3,(H2,16,17,18,19). The molecule has 0 spiro atoms. The van der Waals surface area contributed by atoms with Crippen LogP contribution < -0.4 is 15.4 Å². The maximum Gasteiger partial charge on any atom is 0.387 e. The molecule has 7 heteroatoms. The quantitative estimate of drug-likeness (QED) is 0.881. The third kappa shape index (κ3) is 3.53. The number of hydrogen-bond acceptors (Lipinski definition) is 5. The van der Waals surface area contributed by atoms with E-state index in [1.807, 2.05) is 0 Å². The van der Waals surface area contributed by atoms with Crippen molar-refractivity contribution in [3.05, 3.63) is 36.2 Å². The van der Waals surface area contributed by atoms with Crippen LogP contribution in [0.5, 0.6) is 5.75 Å². The van der Waals surface area contributed by atoms with E-state index in [2.05, 4.69) is 25.3 Å². The molecule has 0 atom stereocenters. The number of nitrogens with one attached hydrogen (secondary N) is 2. The lowest BCUT2D eigenvalue weighted by atomic mass is 10.3. The van der Waals surface area contributed by atoms with Crippen molar-refractivity contribution in [1.82, 2.24) is 9.97 Å². The zero-order valence-electron chi connectivity index (χ0n) is 11.0. The van der Waals surface area contributed by atoms with Crippen molar-refractivity contribution >= 4 is 17.3 Å². The van der Waals surface area contributed by atoms with Gasteiger partial charge in [-0.3, -0.25) is 0 Å². The first kappa shape index (κ1) is 14.0. The minimum Gasteiger partial charge on any atom is -0.433 e. The molecule has 2 rings (SSSR count). The summed E-state index contributed by atoms with van der Waals surface area (Å²) in [5.41, 5.74) is 0.410. The van der Waals surface area contributed by atoms with Crippen LogP contribution in [-0.4, -0.2) is 23.6 Å². The molecule has 0 radical (unpaired) electrons. The summed E-state index contributed by atoms with van der Waals surface area (Å²) in [5, 5.41) is 5.84.